The van der Waals surface area contributed by atoms with Crippen molar-refractivity contribution in [2.45, 2.75) is 37.6 Å². The van der Waals surface area contributed by atoms with Gasteiger partial charge in [0.2, 0.25) is 0 Å². The van der Waals surface area contributed by atoms with E-state index in [0.29, 0.717) is 24.2 Å². The highest BCUT2D eigenvalue weighted by molar-refractivity contribution is 5.96. The lowest BCUT2D eigenvalue weighted by Gasteiger charge is -2.19. The number of nitrogens with one attached hydrogen (secondary N) is 2. The molecule has 0 spiro atoms. The first-order valence-electron chi connectivity index (χ1n) is 9.44. The van der Waals surface area contributed by atoms with Crippen LogP contribution in [0.4, 0.5) is 17.6 Å². The minimum absolute atomic E-state index is 0.0206. The molecule has 1 amide bonds. The Hall–Kier alpha value is -3.27. The number of aromatic nitrogens is 3. The van der Waals surface area contributed by atoms with Gasteiger partial charge in [0.05, 0.1) is 5.54 Å². The summed E-state index contributed by atoms with van der Waals surface area (Å²) < 4.78 is 54.0. The van der Waals surface area contributed by atoms with Crippen LogP contribution in [-0.2, 0) is 5.54 Å². The molecule has 2 aromatic carbocycles. The summed E-state index contributed by atoms with van der Waals surface area (Å²) in [5.41, 5.74) is -0.767. The van der Waals surface area contributed by atoms with Crippen LogP contribution in [0.3, 0.4) is 0 Å². The molecule has 31 heavy (non-hydrogen) atoms. The first-order valence-corrected chi connectivity index (χ1v) is 9.44. The molecule has 3 aromatic rings. The highest BCUT2D eigenvalue weighted by Gasteiger charge is 2.48. The fourth-order valence-electron chi connectivity index (χ4n) is 3.41. The quantitative estimate of drug-likeness (QED) is 0.531. The molecule has 162 valence electrons. The zero-order valence-electron chi connectivity index (χ0n) is 16.3. The lowest BCUT2D eigenvalue weighted by atomic mass is 9.95. The monoisotopic (exact) mass is 434 g/mol. The number of aliphatic hydroxyl groups is 1. The van der Waals surface area contributed by atoms with Crippen LogP contribution in [0.15, 0.2) is 42.7 Å². The van der Waals surface area contributed by atoms with Gasteiger partial charge in [-0.3, -0.25) is 9.89 Å². The number of alkyl halides is 3. The first kappa shape index (κ1) is 21.0. The summed E-state index contributed by atoms with van der Waals surface area (Å²) in [5, 5.41) is 19.0. The van der Waals surface area contributed by atoms with E-state index in [1.165, 1.54) is 24.5 Å². The summed E-state index contributed by atoms with van der Waals surface area (Å²) in [6, 6.07) is 7.55. The molecule has 0 radical (unpaired) electrons. The Morgan fingerprint density at radius 3 is 2.55 bits per heavy atom. The SMILES string of the molecule is Cc1ccc(-c2cc(C(=O)NC3(c4ncn[nH]4)CC3)cc(C(O)C(F)(F)F)c2)c(F)c1. The van der Waals surface area contributed by atoms with E-state index in [2.05, 4.69) is 20.5 Å². The van der Waals surface area contributed by atoms with Crippen molar-refractivity contribution in [3.05, 3.63) is 71.1 Å². The van der Waals surface area contributed by atoms with E-state index in [1.54, 1.807) is 13.0 Å². The van der Waals surface area contributed by atoms with Crippen molar-refractivity contribution in [2.24, 2.45) is 0 Å². The zero-order valence-corrected chi connectivity index (χ0v) is 16.3. The number of amides is 1. The molecule has 0 aliphatic heterocycles. The number of nitrogens with zero attached hydrogens (tertiary/aromatic N) is 2. The van der Waals surface area contributed by atoms with Gasteiger partial charge in [0.15, 0.2) is 6.10 Å². The number of aryl methyl sites for hydroxylation is 1. The van der Waals surface area contributed by atoms with Gasteiger partial charge in [-0.15, -0.1) is 0 Å². The Morgan fingerprint density at radius 1 is 1.23 bits per heavy atom. The predicted molar refractivity (Wildman–Crippen MR) is 102 cm³/mol. The van der Waals surface area contributed by atoms with Crippen molar-refractivity contribution < 1.29 is 27.5 Å². The van der Waals surface area contributed by atoms with Crippen LogP contribution in [-0.4, -0.2) is 32.4 Å². The van der Waals surface area contributed by atoms with Crippen LogP contribution in [0, 0.1) is 12.7 Å². The van der Waals surface area contributed by atoms with Crippen LogP contribution in [0.5, 0.6) is 0 Å². The maximum Gasteiger partial charge on any atom is 0.418 e. The first-order chi connectivity index (χ1) is 14.6. The Labute approximate surface area is 174 Å². The number of carbonyl (C=O) groups excluding carboxylic acids is 1. The number of aromatic amines is 1. The van der Waals surface area contributed by atoms with E-state index in [0.717, 1.165) is 12.1 Å². The lowest BCUT2D eigenvalue weighted by Crippen LogP contribution is -2.36. The number of aliphatic hydroxyl groups excluding tert-OH is 1. The molecule has 1 atom stereocenters. The fraction of sp³-hybridized carbons (Fsp3) is 0.286. The zero-order chi connectivity index (χ0) is 22.4. The van der Waals surface area contributed by atoms with E-state index >= 15 is 0 Å². The van der Waals surface area contributed by atoms with E-state index in [1.807, 2.05) is 0 Å². The van der Waals surface area contributed by atoms with Gasteiger partial charge in [-0.2, -0.15) is 18.3 Å². The van der Waals surface area contributed by atoms with Crippen LogP contribution < -0.4 is 5.32 Å². The Morgan fingerprint density at radius 2 is 1.97 bits per heavy atom. The largest absolute Gasteiger partial charge is 0.418 e. The molecule has 0 saturated heterocycles. The molecule has 1 saturated carbocycles. The van der Waals surface area contributed by atoms with Crippen molar-refractivity contribution in [3.63, 3.8) is 0 Å². The third-order valence-electron chi connectivity index (χ3n) is 5.25. The minimum Gasteiger partial charge on any atom is -0.379 e. The average molecular weight is 434 g/mol. The summed E-state index contributed by atoms with van der Waals surface area (Å²) in [7, 11) is 0. The number of hydrogen-bond acceptors (Lipinski definition) is 4. The number of carbonyl (C=O) groups is 1. The summed E-state index contributed by atoms with van der Waals surface area (Å²) in [6.45, 7) is 1.67. The second-order valence-corrected chi connectivity index (χ2v) is 7.64. The molecular formula is C21H18F4N4O2. The van der Waals surface area contributed by atoms with Crippen LogP contribution >= 0.6 is 0 Å². The number of H-pyrrole nitrogens is 1. The maximum absolute atomic E-state index is 14.5. The van der Waals surface area contributed by atoms with Gasteiger partial charge in [-0.1, -0.05) is 12.1 Å². The van der Waals surface area contributed by atoms with Crippen molar-refractivity contribution >= 4 is 5.91 Å². The van der Waals surface area contributed by atoms with E-state index < -0.39 is 35.1 Å². The molecule has 3 N–H and O–H groups in total. The van der Waals surface area contributed by atoms with Gasteiger partial charge in [0, 0.05) is 11.1 Å². The molecule has 6 nitrogen and oxygen atoms in total. The van der Waals surface area contributed by atoms with E-state index in [9.17, 15) is 27.5 Å². The van der Waals surface area contributed by atoms with E-state index in [4.69, 9.17) is 0 Å². The van der Waals surface area contributed by atoms with Crippen molar-refractivity contribution in [1.82, 2.24) is 20.5 Å². The number of rotatable bonds is 5. The lowest BCUT2D eigenvalue weighted by molar-refractivity contribution is -0.206. The third kappa shape index (κ3) is 4.15. The standard InChI is InChI=1S/C21H18F4N4O2/c1-11-2-3-15(16(22)6-11)12-7-13(17(30)21(23,24)25)9-14(8-12)18(31)28-20(4-5-20)19-26-10-27-29-19/h2-3,6-10,17,30H,4-5H2,1H3,(H,28,31)(H,26,27,29). The maximum atomic E-state index is 14.5. The fourth-order valence-corrected chi connectivity index (χ4v) is 3.41. The van der Waals surface area contributed by atoms with Gasteiger partial charge in [-0.05, 0) is 60.7 Å². The minimum atomic E-state index is -4.95. The molecule has 1 fully saturated rings. The molecule has 1 aromatic heterocycles. The normalized spacial score (nSPS) is 16.1. The summed E-state index contributed by atoms with van der Waals surface area (Å²) in [5.74, 6) is -0.874. The summed E-state index contributed by atoms with van der Waals surface area (Å²) in [4.78, 5) is 17.0. The number of benzene rings is 2. The van der Waals surface area contributed by atoms with Crippen LogP contribution in [0.2, 0.25) is 0 Å². The molecule has 0 bridgehead atoms. The van der Waals surface area contributed by atoms with Crippen molar-refractivity contribution in [2.75, 3.05) is 0 Å². The van der Waals surface area contributed by atoms with Crippen LogP contribution in [0.1, 0.15) is 46.3 Å². The number of halogens is 4. The highest BCUT2D eigenvalue weighted by atomic mass is 19.4. The van der Waals surface area contributed by atoms with Crippen molar-refractivity contribution in [1.29, 1.82) is 0 Å². The van der Waals surface area contributed by atoms with Crippen molar-refractivity contribution in [3.8, 4) is 11.1 Å². The Kier molecular flexibility index (Phi) is 5.04. The summed E-state index contributed by atoms with van der Waals surface area (Å²) >= 11 is 0. The molecular weight excluding hydrogens is 416 g/mol. The van der Waals surface area contributed by atoms with Gasteiger partial charge in [-0.25, -0.2) is 9.37 Å². The topological polar surface area (TPSA) is 90.9 Å². The van der Waals surface area contributed by atoms with Gasteiger partial charge in [0.1, 0.15) is 18.0 Å². The molecule has 1 aliphatic carbocycles. The average Bonchev–Trinajstić information content (AvgIpc) is 3.26. The third-order valence-corrected chi connectivity index (χ3v) is 5.25. The molecule has 10 heteroatoms. The smallest absolute Gasteiger partial charge is 0.379 e. The molecule has 4 rings (SSSR count). The second-order valence-electron chi connectivity index (χ2n) is 7.64. The van der Waals surface area contributed by atoms with Gasteiger partial charge >= 0.3 is 6.18 Å². The second kappa shape index (κ2) is 7.45. The van der Waals surface area contributed by atoms with Crippen LogP contribution in [0.25, 0.3) is 11.1 Å². The predicted octanol–water partition coefficient (Wildman–Crippen LogP) is 3.93. The molecule has 1 heterocycles. The molecule has 1 aliphatic rings. The van der Waals surface area contributed by atoms with E-state index in [-0.39, 0.29) is 16.7 Å². The van der Waals surface area contributed by atoms with Gasteiger partial charge in [0.25, 0.3) is 5.91 Å². The van der Waals surface area contributed by atoms with Gasteiger partial charge < -0.3 is 10.4 Å². The summed E-state index contributed by atoms with van der Waals surface area (Å²) in [6.07, 6.45) is -5.32. The Bertz CT molecular complexity index is 1120. The highest BCUT2D eigenvalue weighted by Crippen LogP contribution is 2.44. The molecule has 1 unspecified atom stereocenters. The Balaban J connectivity index is 1.75. The number of hydrogen-bond donors (Lipinski definition) is 3.